The lowest BCUT2D eigenvalue weighted by atomic mass is 10.2. The van der Waals surface area contributed by atoms with Crippen molar-refractivity contribution in [2.45, 2.75) is 11.4 Å². The first-order chi connectivity index (χ1) is 21.3. The van der Waals surface area contributed by atoms with E-state index in [0.717, 1.165) is 15.4 Å². The molecule has 1 amide bonds. The summed E-state index contributed by atoms with van der Waals surface area (Å²) >= 11 is 0. The number of nitrogens with zero attached hydrogens (tertiary/aromatic N) is 3. The number of hydrogen-bond donors (Lipinski definition) is 1. The molecule has 5 rings (SSSR count). The smallest absolute Gasteiger partial charge is 0.243 e. The molecule has 5 aromatic rings. The number of carbonyl (C=O) groups excluding carboxylic acids is 1. The molecule has 10 nitrogen and oxygen atoms in total. The Morgan fingerprint density at radius 1 is 0.818 bits per heavy atom. The number of imidazole rings is 1. The lowest BCUT2D eigenvalue weighted by Gasteiger charge is -2.22. The molecule has 0 aliphatic heterocycles. The van der Waals surface area contributed by atoms with Crippen molar-refractivity contribution < 1.29 is 27.4 Å². The Labute approximate surface area is 256 Å². The standard InChI is InChI=1S/C33H32N4O6S/c1-41-27-15-17-28(18-16-27)44(39,40)36(21-24-10-6-4-7-11-24)23-32(38)35-33-34-29(25-12-8-5-9-13-25)22-37(33)26-14-19-30(42-2)31(20-26)43-3/h4-20,22H,21,23H2,1-3H3,(H,34,35,38). The predicted octanol–water partition coefficient (Wildman–Crippen LogP) is 5.39. The average molecular weight is 613 g/mol. The van der Waals surface area contributed by atoms with Crippen LogP contribution in [0, 0.1) is 0 Å². The zero-order chi connectivity index (χ0) is 31.1. The number of amides is 1. The second-order valence-electron chi connectivity index (χ2n) is 9.71. The maximum absolute atomic E-state index is 13.8. The van der Waals surface area contributed by atoms with Gasteiger partial charge in [0.2, 0.25) is 21.9 Å². The summed E-state index contributed by atoms with van der Waals surface area (Å²) in [5, 5.41) is 2.84. The van der Waals surface area contributed by atoms with Gasteiger partial charge >= 0.3 is 0 Å². The molecular weight excluding hydrogens is 580 g/mol. The molecule has 226 valence electrons. The van der Waals surface area contributed by atoms with E-state index in [-0.39, 0.29) is 17.4 Å². The molecular formula is C33H32N4O6S. The van der Waals surface area contributed by atoms with Crippen molar-refractivity contribution in [3.63, 3.8) is 0 Å². The maximum atomic E-state index is 13.8. The van der Waals surface area contributed by atoms with Crippen LogP contribution in [-0.2, 0) is 21.4 Å². The van der Waals surface area contributed by atoms with E-state index in [9.17, 15) is 13.2 Å². The number of anilines is 1. The predicted molar refractivity (Wildman–Crippen MR) is 168 cm³/mol. The second kappa shape index (κ2) is 13.4. The van der Waals surface area contributed by atoms with Crippen molar-refractivity contribution in [2.75, 3.05) is 33.2 Å². The molecule has 0 unspecified atom stereocenters. The Hall–Kier alpha value is -5.13. The number of aromatic nitrogens is 2. The SMILES string of the molecule is COc1ccc(S(=O)(=O)N(CC(=O)Nc2nc(-c3ccccc3)cn2-c2ccc(OC)c(OC)c2)Cc2ccccc2)cc1. The Bertz CT molecular complexity index is 1830. The minimum absolute atomic E-state index is 0.0119. The van der Waals surface area contributed by atoms with Gasteiger partial charge in [-0.05, 0) is 42.0 Å². The minimum Gasteiger partial charge on any atom is -0.497 e. The van der Waals surface area contributed by atoms with Gasteiger partial charge in [0.05, 0.1) is 44.2 Å². The highest BCUT2D eigenvalue weighted by molar-refractivity contribution is 7.89. The van der Waals surface area contributed by atoms with Crippen molar-refractivity contribution in [3.05, 3.63) is 115 Å². The van der Waals surface area contributed by atoms with Crippen molar-refractivity contribution in [3.8, 4) is 34.2 Å². The third kappa shape index (κ3) is 6.74. The van der Waals surface area contributed by atoms with Gasteiger partial charge in [0.1, 0.15) is 5.75 Å². The summed E-state index contributed by atoms with van der Waals surface area (Å²) in [7, 11) is 0.526. The van der Waals surface area contributed by atoms with Gasteiger partial charge in [-0.3, -0.25) is 14.7 Å². The molecule has 1 N–H and O–H groups in total. The summed E-state index contributed by atoms with van der Waals surface area (Å²) in [5.74, 6) is 1.21. The first-order valence-electron chi connectivity index (χ1n) is 13.7. The maximum Gasteiger partial charge on any atom is 0.243 e. The Balaban J connectivity index is 1.49. The topological polar surface area (TPSA) is 112 Å². The molecule has 0 saturated heterocycles. The van der Waals surface area contributed by atoms with Gasteiger partial charge in [-0.1, -0.05) is 60.7 Å². The summed E-state index contributed by atoms with van der Waals surface area (Å²) < 4.78 is 46.5. The average Bonchev–Trinajstić information content (AvgIpc) is 3.48. The van der Waals surface area contributed by atoms with E-state index in [4.69, 9.17) is 19.2 Å². The Morgan fingerprint density at radius 2 is 1.48 bits per heavy atom. The fraction of sp³-hybridized carbons (Fsp3) is 0.152. The lowest BCUT2D eigenvalue weighted by molar-refractivity contribution is -0.116. The lowest BCUT2D eigenvalue weighted by Crippen LogP contribution is -2.38. The molecule has 0 spiro atoms. The normalized spacial score (nSPS) is 11.3. The van der Waals surface area contributed by atoms with Crippen molar-refractivity contribution in [1.29, 1.82) is 0 Å². The molecule has 11 heteroatoms. The van der Waals surface area contributed by atoms with E-state index in [2.05, 4.69) is 5.32 Å². The largest absolute Gasteiger partial charge is 0.497 e. The summed E-state index contributed by atoms with van der Waals surface area (Å²) in [4.78, 5) is 18.4. The van der Waals surface area contributed by atoms with E-state index in [1.54, 1.807) is 42.1 Å². The van der Waals surface area contributed by atoms with E-state index in [1.165, 1.54) is 26.4 Å². The second-order valence-corrected chi connectivity index (χ2v) is 11.6. The molecule has 4 aromatic carbocycles. The summed E-state index contributed by atoms with van der Waals surface area (Å²) in [6.07, 6.45) is 1.79. The van der Waals surface area contributed by atoms with Crippen LogP contribution in [0.1, 0.15) is 5.56 Å². The monoisotopic (exact) mass is 612 g/mol. The Kier molecular flexibility index (Phi) is 9.27. The number of ether oxygens (including phenoxy) is 3. The fourth-order valence-electron chi connectivity index (χ4n) is 4.62. The van der Waals surface area contributed by atoms with Gasteiger partial charge in [0.25, 0.3) is 0 Å². The van der Waals surface area contributed by atoms with Crippen molar-refractivity contribution >= 4 is 21.9 Å². The highest BCUT2D eigenvalue weighted by Crippen LogP contribution is 2.32. The van der Waals surface area contributed by atoms with Gasteiger partial charge in [0, 0.05) is 24.4 Å². The van der Waals surface area contributed by atoms with Crippen LogP contribution in [0.25, 0.3) is 16.9 Å². The van der Waals surface area contributed by atoms with Crippen molar-refractivity contribution in [2.24, 2.45) is 0 Å². The van der Waals surface area contributed by atoms with Crippen LogP contribution in [-0.4, -0.2) is 56.1 Å². The summed E-state index contributed by atoms with van der Waals surface area (Å²) in [6.45, 7) is -0.468. The van der Waals surface area contributed by atoms with E-state index >= 15 is 0 Å². The number of methoxy groups -OCH3 is 3. The molecule has 1 heterocycles. The van der Waals surface area contributed by atoms with Crippen LogP contribution in [0.2, 0.25) is 0 Å². The third-order valence-electron chi connectivity index (χ3n) is 6.89. The van der Waals surface area contributed by atoms with Gasteiger partial charge in [-0.2, -0.15) is 4.31 Å². The van der Waals surface area contributed by atoms with Gasteiger partial charge < -0.3 is 14.2 Å². The molecule has 0 radical (unpaired) electrons. The van der Waals surface area contributed by atoms with Crippen LogP contribution in [0.4, 0.5) is 5.95 Å². The zero-order valence-electron chi connectivity index (χ0n) is 24.5. The first kappa shape index (κ1) is 30.3. The first-order valence-corrected chi connectivity index (χ1v) is 15.1. The summed E-state index contributed by atoms with van der Waals surface area (Å²) in [5.41, 5.74) is 2.84. The highest BCUT2D eigenvalue weighted by atomic mass is 32.2. The van der Waals surface area contributed by atoms with Gasteiger partial charge in [-0.25, -0.2) is 13.4 Å². The quantitative estimate of drug-likeness (QED) is 0.201. The third-order valence-corrected chi connectivity index (χ3v) is 8.70. The molecule has 0 saturated carbocycles. The number of hydrogen-bond acceptors (Lipinski definition) is 7. The van der Waals surface area contributed by atoms with E-state index in [1.807, 2.05) is 66.7 Å². The molecule has 0 atom stereocenters. The fourth-order valence-corrected chi connectivity index (χ4v) is 6.01. The Morgan fingerprint density at radius 3 is 2.11 bits per heavy atom. The summed E-state index contributed by atoms with van der Waals surface area (Å²) in [6, 6.07) is 30.0. The molecule has 0 aliphatic carbocycles. The van der Waals surface area contributed by atoms with Crippen LogP contribution in [0.3, 0.4) is 0 Å². The number of rotatable bonds is 12. The van der Waals surface area contributed by atoms with Crippen LogP contribution in [0.5, 0.6) is 17.2 Å². The number of nitrogens with one attached hydrogen (secondary N) is 1. The highest BCUT2D eigenvalue weighted by Gasteiger charge is 2.28. The minimum atomic E-state index is -4.07. The molecule has 0 aliphatic rings. The molecule has 1 aromatic heterocycles. The molecule has 0 fully saturated rings. The van der Waals surface area contributed by atoms with Crippen LogP contribution >= 0.6 is 0 Å². The number of carbonyl (C=O) groups is 1. The van der Waals surface area contributed by atoms with Crippen LogP contribution < -0.4 is 19.5 Å². The van der Waals surface area contributed by atoms with E-state index < -0.39 is 22.5 Å². The van der Waals surface area contributed by atoms with Crippen molar-refractivity contribution in [1.82, 2.24) is 13.9 Å². The molecule has 0 bridgehead atoms. The molecule has 44 heavy (non-hydrogen) atoms. The number of sulfonamides is 1. The van der Waals surface area contributed by atoms with E-state index in [0.29, 0.717) is 28.6 Å². The van der Waals surface area contributed by atoms with Gasteiger partial charge in [0.15, 0.2) is 11.5 Å². The van der Waals surface area contributed by atoms with Gasteiger partial charge in [-0.15, -0.1) is 0 Å². The zero-order valence-corrected chi connectivity index (χ0v) is 25.3. The van der Waals surface area contributed by atoms with Crippen LogP contribution in [0.15, 0.2) is 114 Å². The number of benzene rings is 4.